The lowest BCUT2D eigenvalue weighted by atomic mass is 10.0. The number of rotatable bonds is 5. The van der Waals surface area contributed by atoms with Crippen molar-refractivity contribution in [3.63, 3.8) is 0 Å². The summed E-state index contributed by atoms with van der Waals surface area (Å²) >= 11 is 0. The van der Waals surface area contributed by atoms with Gasteiger partial charge in [0.15, 0.2) is 0 Å². The highest BCUT2D eigenvalue weighted by atomic mass is 19.3. The van der Waals surface area contributed by atoms with Gasteiger partial charge in [0, 0.05) is 0 Å². The van der Waals surface area contributed by atoms with Gasteiger partial charge < -0.3 is 5.32 Å². The molecule has 0 fully saturated rings. The van der Waals surface area contributed by atoms with E-state index in [0.29, 0.717) is 6.54 Å². The van der Waals surface area contributed by atoms with Crippen LogP contribution in [-0.2, 0) is 6.42 Å². The van der Waals surface area contributed by atoms with Gasteiger partial charge >= 0.3 is 0 Å². The fraction of sp³-hybridized carbons (Fsp3) is 0.500. The van der Waals surface area contributed by atoms with Crippen LogP contribution >= 0.6 is 0 Å². The third-order valence-corrected chi connectivity index (χ3v) is 2.46. The fourth-order valence-electron chi connectivity index (χ4n) is 1.40. The smallest absolute Gasteiger partial charge is 0.250 e. The Balaban J connectivity index is 2.35. The van der Waals surface area contributed by atoms with Crippen LogP contribution in [0.2, 0.25) is 0 Å². The molecule has 15 heavy (non-hydrogen) atoms. The van der Waals surface area contributed by atoms with Gasteiger partial charge in [0.2, 0.25) is 0 Å². The highest BCUT2D eigenvalue weighted by Crippen LogP contribution is 2.09. The van der Waals surface area contributed by atoms with Crippen LogP contribution in [0.4, 0.5) is 8.78 Å². The summed E-state index contributed by atoms with van der Waals surface area (Å²) < 4.78 is 23.6. The molecule has 0 radical (unpaired) electrons. The van der Waals surface area contributed by atoms with E-state index < -0.39 is 6.43 Å². The van der Waals surface area contributed by atoms with Gasteiger partial charge in [-0.3, -0.25) is 0 Å². The molecule has 1 aromatic rings. The van der Waals surface area contributed by atoms with Crippen molar-refractivity contribution in [1.29, 1.82) is 0 Å². The van der Waals surface area contributed by atoms with Crippen LogP contribution in [0.5, 0.6) is 0 Å². The summed E-state index contributed by atoms with van der Waals surface area (Å²) in [6, 6.07) is 6.23. The van der Waals surface area contributed by atoms with E-state index >= 15 is 0 Å². The average Bonchev–Trinajstić information content (AvgIpc) is 2.18. The van der Waals surface area contributed by atoms with Gasteiger partial charge in [-0.05, 0) is 43.5 Å². The van der Waals surface area contributed by atoms with Crippen LogP contribution in [0, 0.1) is 13.8 Å². The number of hydrogen-bond acceptors (Lipinski definition) is 1. The topological polar surface area (TPSA) is 12.0 Å². The second kappa shape index (κ2) is 5.81. The molecule has 0 amide bonds. The SMILES string of the molecule is Cc1ccc(CCNCC(F)F)cc1C. The van der Waals surface area contributed by atoms with Gasteiger partial charge in [0.25, 0.3) is 6.43 Å². The van der Waals surface area contributed by atoms with Crippen molar-refractivity contribution >= 4 is 0 Å². The van der Waals surface area contributed by atoms with Crippen molar-refractivity contribution in [2.24, 2.45) is 0 Å². The van der Waals surface area contributed by atoms with Gasteiger partial charge in [-0.1, -0.05) is 18.2 Å². The largest absolute Gasteiger partial charge is 0.311 e. The quantitative estimate of drug-likeness (QED) is 0.741. The molecular formula is C12H17F2N. The second-order valence-electron chi connectivity index (χ2n) is 3.76. The standard InChI is InChI=1S/C12H17F2N/c1-9-3-4-11(7-10(9)2)5-6-15-8-12(13)14/h3-4,7,12,15H,5-6,8H2,1-2H3. The number of alkyl halides is 2. The van der Waals surface area contributed by atoms with Crippen molar-refractivity contribution in [3.05, 3.63) is 34.9 Å². The van der Waals surface area contributed by atoms with Gasteiger partial charge in [0.1, 0.15) is 0 Å². The zero-order chi connectivity index (χ0) is 11.3. The first kappa shape index (κ1) is 12.1. The minimum absolute atomic E-state index is 0.217. The van der Waals surface area contributed by atoms with E-state index in [-0.39, 0.29) is 6.54 Å². The molecule has 0 aliphatic carbocycles. The molecule has 1 N–H and O–H groups in total. The van der Waals surface area contributed by atoms with Crippen LogP contribution in [-0.4, -0.2) is 19.5 Å². The lowest BCUT2D eigenvalue weighted by Gasteiger charge is -2.06. The molecule has 3 heteroatoms. The average molecular weight is 213 g/mol. The lowest BCUT2D eigenvalue weighted by molar-refractivity contribution is 0.146. The predicted molar refractivity (Wildman–Crippen MR) is 58.5 cm³/mol. The van der Waals surface area contributed by atoms with Crippen LogP contribution < -0.4 is 5.32 Å². The third-order valence-electron chi connectivity index (χ3n) is 2.46. The Morgan fingerprint density at radius 1 is 1.20 bits per heavy atom. The maximum atomic E-state index is 11.8. The van der Waals surface area contributed by atoms with E-state index in [9.17, 15) is 8.78 Å². The Labute approximate surface area is 89.5 Å². The molecule has 1 rings (SSSR count). The molecule has 84 valence electrons. The normalized spacial score (nSPS) is 11.0. The van der Waals surface area contributed by atoms with Crippen molar-refractivity contribution in [3.8, 4) is 0 Å². The molecule has 0 atom stereocenters. The number of nitrogens with one attached hydrogen (secondary N) is 1. The molecule has 0 unspecified atom stereocenters. The van der Waals surface area contributed by atoms with Crippen molar-refractivity contribution in [1.82, 2.24) is 5.32 Å². The molecule has 0 aliphatic heterocycles. The molecule has 1 nitrogen and oxygen atoms in total. The zero-order valence-electron chi connectivity index (χ0n) is 9.19. The van der Waals surface area contributed by atoms with Gasteiger partial charge in [-0.2, -0.15) is 0 Å². The van der Waals surface area contributed by atoms with E-state index in [0.717, 1.165) is 6.42 Å². The predicted octanol–water partition coefficient (Wildman–Crippen LogP) is 2.70. The minimum atomic E-state index is -2.26. The van der Waals surface area contributed by atoms with E-state index in [1.807, 2.05) is 6.07 Å². The Kier molecular flexibility index (Phi) is 4.69. The van der Waals surface area contributed by atoms with Crippen LogP contribution in [0.25, 0.3) is 0 Å². The first-order valence-electron chi connectivity index (χ1n) is 5.14. The molecule has 0 bridgehead atoms. The molecule has 0 aromatic heterocycles. The monoisotopic (exact) mass is 213 g/mol. The number of benzene rings is 1. The first-order chi connectivity index (χ1) is 7.09. The number of aryl methyl sites for hydroxylation is 2. The van der Waals surface area contributed by atoms with Crippen LogP contribution in [0.1, 0.15) is 16.7 Å². The Hall–Kier alpha value is -0.960. The van der Waals surface area contributed by atoms with E-state index in [1.54, 1.807) is 0 Å². The minimum Gasteiger partial charge on any atom is -0.311 e. The highest BCUT2D eigenvalue weighted by Gasteiger charge is 2.01. The maximum Gasteiger partial charge on any atom is 0.250 e. The Bertz CT molecular complexity index is 310. The van der Waals surface area contributed by atoms with Crippen LogP contribution in [0.3, 0.4) is 0 Å². The Morgan fingerprint density at radius 3 is 2.53 bits per heavy atom. The Morgan fingerprint density at radius 2 is 1.93 bits per heavy atom. The van der Waals surface area contributed by atoms with E-state index in [2.05, 4.69) is 31.3 Å². The number of hydrogen-bond donors (Lipinski definition) is 1. The summed E-state index contributed by atoms with van der Waals surface area (Å²) in [5.41, 5.74) is 3.71. The summed E-state index contributed by atoms with van der Waals surface area (Å²) in [7, 11) is 0. The summed E-state index contributed by atoms with van der Waals surface area (Å²) in [6.45, 7) is 4.51. The van der Waals surface area contributed by atoms with Gasteiger partial charge in [0.05, 0.1) is 6.54 Å². The summed E-state index contributed by atoms with van der Waals surface area (Å²) in [5, 5.41) is 2.72. The van der Waals surface area contributed by atoms with E-state index in [1.165, 1.54) is 16.7 Å². The maximum absolute atomic E-state index is 11.8. The summed E-state index contributed by atoms with van der Waals surface area (Å²) in [6.07, 6.45) is -1.46. The highest BCUT2D eigenvalue weighted by molar-refractivity contribution is 5.29. The van der Waals surface area contributed by atoms with Crippen molar-refractivity contribution < 1.29 is 8.78 Å². The van der Waals surface area contributed by atoms with Crippen molar-refractivity contribution in [2.75, 3.05) is 13.1 Å². The lowest BCUT2D eigenvalue weighted by Crippen LogP contribution is -2.23. The summed E-state index contributed by atoms with van der Waals surface area (Å²) in [4.78, 5) is 0. The van der Waals surface area contributed by atoms with Gasteiger partial charge in [-0.25, -0.2) is 8.78 Å². The molecule has 0 spiro atoms. The summed E-state index contributed by atoms with van der Waals surface area (Å²) in [5.74, 6) is 0. The zero-order valence-corrected chi connectivity index (χ0v) is 9.19. The molecule has 0 saturated heterocycles. The first-order valence-corrected chi connectivity index (χ1v) is 5.14. The molecular weight excluding hydrogens is 196 g/mol. The molecule has 1 aromatic carbocycles. The third kappa shape index (κ3) is 4.38. The second-order valence-corrected chi connectivity index (χ2v) is 3.76. The molecule has 0 saturated carbocycles. The van der Waals surface area contributed by atoms with Gasteiger partial charge in [-0.15, -0.1) is 0 Å². The fourth-order valence-corrected chi connectivity index (χ4v) is 1.40. The molecule has 0 aliphatic rings. The molecule has 0 heterocycles. The number of halogens is 2. The van der Waals surface area contributed by atoms with Crippen LogP contribution in [0.15, 0.2) is 18.2 Å². The van der Waals surface area contributed by atoms with Crippen molar-refractivity contribution in [2.45, 2.75) is 26.7 Å². The van der Waals surface area contributed by atoms with E-state index in [4.69, 9.17) is 0 Å².